The molecule has 1 unspecified atom stereocenters. The third kappa shape index (κ3) is 3.64. The Bertz CT molecular complexity index is 686. The maximum Gasteiger partial charge on any atom is 0.267 e. The highest BCUT2D eigenvalue weighted by Gasteiger charge is 2.31. The summed E-state index contributed by atoms with van der Waals surface area (Å²) in [5.41, 5.74) is 2.28. The molecule has 2 fully saturated rings. The van der Waals surface area contributed by atoms with Gasteiger partial charge in [0.1, 0.15) is 6.10 Å². The molecule has 0 N–H and O–H groups in total. The summed E-state index contributed by atoms with van der Waals surface area (Å²) >= 11 is 0. The Balaban J connectivity index is 1.35. The van der Waals surface area contributed by atoms with Gasteiger partial charge in [-0.1, -0.05) is 0 Å². The zero-order valence-corrected chi connectivity index (χ0v) is 14.8. The second-order valence-electron chi connectivity index (χ2n) is 7.61. The zero-order chi connectivity index (χ0) is 17.2. The van der Waals surface area contributed by atoms with Crippen molar-refractivity contribution in [2.24, 2.45) is 5.92 Å². The van der Waals surface area contributed by atoms with Crippen molar-refractivity contribution in [3.63, 3.8) is 0 Å². The Morgan fingerprint density at radius 3 is 2.72 bits per heavy atom. The summed E-state index contributed by atoms with van der Waals surface area (Å²) in [6, 6.07) is 1.79. The van der Waals surface area contributed by atoms with Gasteiger partial charge in [-0.3, -0.25) is 9.59 Å². The van der Waals surface area contributed by atoms with Crippen LogP contribution < -0.4 is 5.56 Å². The topological polar surface area (TPSA) is 64.4 Å². The van der Waals surface area contributed by atoms with Crippen molar-refractivity contribution in [3.8, 4) is 0 Å². The molecular formula is C19H27N3O3. The number of nitrogens with zero attached hydrogens (tertiary/aromatic N) is 3. The Labute approximate surface area is 148 Å². The number of carbonyl (C=O) groups is 1. The molecule has 6 nitrogen and oxygen atoms in total. The van der Waals surface area contributed by atoms with Gasteiger partial charge in [0, 0.05) is 32.3 Å². The molecule has 3 heterocycles. The van der Waals surface area contributed by atoms with E-state index in [0.717, 1.165) is 69.3 Å². The van der Waals surface area contributed by atoms with Gasteiger partial charge in [0.15, 0.2) is 0 Å². The van der Waals surface area contributed by atoms with Crippen LogP contribution in [0, 0.1) is 5.92 Å². The molecule has 6 heteroatoms. The lowest BCUT2D eigenvalue weighted by atomic mass is 9.95. The molecule has 0 bridgehead atoms. The Hall–Kier alpha value is -1.69. The third-order valence-corrected chi connectivity index (χ3v) is 5.84. The molecule has 2 saturated heterocycles. The van der Waals surface area contributed by atoms with E-state index in [4.69, 9.17) is 4.74 Å². The van der Waals surface area contributed by atoms with Gasteiger partial charge in [-0.2, -0.15) is 5.10 Å². The Morgan fingerprint density at radius 2 is 1.96 bits per heavy atom. The zero-order valence-electron chi connectivity index (χ0n) is 14.8. The summed E-state index contributed by atoms with van der Waals surface area (Å²) in [5.74, 6) is 0.570. The molecule has 2 aliphatic heterocycles. The van der Waals surface area contributed by atoms with E-state index in [1.165, 1.54) is 6.42 Å². The van der Waals surface area contributed by atoms with Gasteiger partial charge in [-0.25, -0.2) is 4.68 Å². The van der Waals surface area contributed by atoms with E-state index in [1.54, 1.807) is 10.7 Å². The van der Waals surface area contributed by atoms with Crippen LogP contribution in [0.5, 0.6) is 0 Å². The lowest BCUT2D eigenvalue weighted by Gasteiger charge is -2.33. The number of piperidine rings is 1. The number of aromatic nitrogens is 2. The minimum atomic E-state index is -0.221. The van der Waals surface area contributed by atoms with E-state index in [2.05, 4.69) is 5.10 Å². The van der Waals surface area contributed by atoms with Crippen LogP contribution in [-0.4, -0.2) is 46.4 Å². The van der Waals surface area contributed by atoms with Crippen LogP contribution in [0.2, 0.25) is 0 Å². The van der Waals surface area contributed by atoms with Gasteiger partial charge in [0.2, 0.25) is 0 Å². The highest BCUT2D eigenvalue weighted by atomic mass is 16.5. The molecule has 0 aromatic carbocycles. The van der Waals surface area contributed by atoms with Crippen LogP contribution in [-0.2, 0) is 28.9 Å². The SMILES string of the molecule is O=C(C1CCCO1)N1CCC(Cn2nc3c(cc2=O)CCCC3)CC1. The molecule has 0 spiro atoms. The van der Waals surface area contributed by atoms with E-state index in [0.29, 0.717) is 19.1 Å². The summed E-state index contributed by atoms with van der Waals surface area (Å²) in [5, 5.41) is 4.63. The first-order valence-electron chi connectivity index (χ1n) is 9.71. The smallest absolute Gasteiger partial charge is 0.267 e. The number of carbonyl (C=O) groups excluding carboxylic acids is 1. The lowest BCUT2D eigenvalue weighted by molar-refractivity contribution is -0.142. The first kappa shape index (κ1) is 16.8. The van der Waals surface area contributed by atoms with Crippen molar-refractivity contribution < 1.29 is 9.53 Å². The number of rotatable bonds is 3. The number of aryl methyl sites for hydroxylation is 2. The van der Waals surface area contributed by atoms with Gasteiger partial charge < -0.3 is 9.64 Å². The molecule has 136 valence electrons. The summed E-state index contributed by atoms with van der Waals surface area (Å²) in [7, 11) is 0. The second kappa shape index (κ2) is 7.28. The van der Waals surface area contributed by atoms with Crippen molar-refractivity contribution in [2.45, 2.75) is 64.0 Å². The monoisotopic (exact) mass is 345 g/mol. The van der Waals surface area contributed by atoms with Crippen LogP contribution in [0.15, 0.2) is 10.9 Å². The number of likely N-dealkylation sites (tertiary alicyclic amines) is 1. The van der Waals surface area contributed by atoms with Crippen LogP contribution >= 0.6 is 0 Å². The van der Waals surface area contributed by atoms with Crippen molar-refractivity contribution in [3.05, 3.63) is 27.7 Å². The molecule has 0 saturated carbocycles. The predicted octanol–water partition coefficient (Wildman–Crippen LogP) is 1.54. The maximum absolute atomic E-state index is 12.4. The first-order valence-corrected chi connectivity index (χ1v) is 9.71. The van der Waals surface area contributed by atoms with Crippen LogP contribution in [0.25, 0.3) is 0 Å². The van der Waals surface area contributed by atoms with Gasteiger partial charge >= 0.3 is 0 Å². The molecule has 1 atom stereocenters. The van der Waals surface area contributed by atoms with Gasteiger partial charge in [-0.05, 0) is 62.8 Å². The van der Waals surface area contributed by atoms with Crippen molar-refractivity contribution >= 4 is 5.91 Å². The fraction of sp³-hybridized carbons (Fsp3) is 0.737. The summed E-state index contributed by atoms with van der Waals surface area (Å²) in [4.78, 5) is 26.7. The normalized spacial score (nSPS) is 24.3. The summed E-state index contributed by atoms with van der Waals surface area (Å²) in [6.07, 6.45) is 7.80. The van der Waals surface area contributed by atoms with Gasteiger partial charge in [0.05, 0.1) is 5.69 Å². The van der Waals surface area contributed by atoms with Crippen LogP contribution in [0.1, 0.15) is 49.8 Å². The van der Waals surface area contributed by atoms with Crippen LogP contribution in [0.3, 0.4) is 0 Å². The number of fused-ring (bicyclic) bond motifs is 1. The number of hydrogen-bond donors (Lipinski definition) is 0. The van der Waals surface area contributed by atoms with Crippen molar-refractivity contribution in [2.75, 3.05) is 19.7 Å². The van der Waals surface area contributed by atoms with Gasteiger partial charge in [0.25, 0.3) is 11.5 Å². The molecule has 1 amide bonds. The highest BCUT2D eigenvalue weighted by molar-refractivity contribution is 5.81. The molecule has 1 aromatic heterocycles. The Morgan fingerprint density at radius 1 is 1.16 bits per heavy atom. The van der Waals surface area contributed by atoms with Crippen molar-refractivity contribution in [1.82, 2.24) is 14.7 Å². The Kier molecular flexibility index (Phi) is 4.88. The summed E-state index contributed by atoms with van der Waals surface area (Å²) < 4.78 is 7.17. The molecule has 1 aromatic rings. The van der Waals surface area contributed by atoms with E-state index < -0.39 is 0 Å². The summed E-state index contributed by atoms with van der Waals surface area (Å²) in [6.45, 7) is 2.92. The second-order valence-corrected chi connectivity index (χ2v) is 7.61. The van der Waals surface area contributed by atoms with Gasteiger partial charge in [-0.15, -0.1) is 0 Å². The quantitative estimate of drug-likeness (QED) is 0.834. The molecule has 25 heavy (non-hydrogen) atoms. The van der Waals surface area contributed by atoms with E-state index in [9.17, 15) is 9.59 Å². The largest absolute Gasteiger partial charge is 0.368 e. The lowest BCUT2D eigenvalue weighted by Crippen LogP contribution is -2.44. The first-order chi connectivity index (χ1) is 12.2. The fourth-order valence-electron chi connectivity index (χ4n) is 4.29. The minimum Gasteiger partial charge on any atom is -0.368 e. The highest BCUT2D eigenvalue weighted by Crippen LogP contribution is 2.23. The van der Waals surface area contributed by atoms with E-state index in [-0.39, 0.29) is 17.6 Å². The molecular weight excluding hydrogens is 318 g/mol. The van der Waals surface area contributed by atoms with E-state index in [1.807, 2.05) is 4.90 Å². The maximum atomic E-state index is 12.4. The predicted molar refractivity (Wildman–Crippen MR) is 93.4 cm³/mol. The average Bonchev–Trinajstić information content (AvgIpc) is 3.17. The molecule has 0 radical (unpaired) electrons. The fourth-order valence-corrected chi connectivity index (χ4v) is 4.29. The standard InChI is InChI=1S/C19H27N3O3/c23-18-12-15-4-1-2-5-16(15)20-22(18)13-14-7-9-21(10-8-14)19(24)17-6-3-11-25-17/h12,14,17H,1-11,13H2. The molecule has 4 rings (SSSR count). The molecule has 1 aliphatic carbocycles. The van der Waals surface area contributed by atoms with Crippen molar-refractivity contribution in [1.29, 1.82) is 0 Å². The number of amides is 1. The van der Waals surface area contributed by atoms with Crippen LogP contribution in [0.4, 0.5) is 0 Å². The third-order valence-electron chi connectivity index (χ3n) is 5.84. The number of ether oxygens (including phenoxy) is 1. The number of hydrogen-bond acceptors (Lipinski definition) is 4. The minimum absolute atomic E-state index is 0.0264. The average molecular weight is 345 g/mol. The molecule has 3 aliphatic rings. The van der Waals surface area contributed by atoms with E-state index >= 15 is 0 Å².